The van der Waals surface area contributed by atoms with Crippen molar-refractivity contribution in [3.05, 3.63) is 56.2 Å². The Hall–Kier alpha value is -2.98. The van der Waals surface area contributed by atoms with Crippen LogP contribution in [0.2, 0.25) is 0 Å². The van der Waals surface area contributed by atoms with Crippen LogP contribution in [0, 0.1) is 0 Å². The lowest BCUT2D eigenvalue weighted by Crippen LogP contribution is -2.51. The van der Waals surface area contributed by atoms with E-state index in [-0.39, 0.29) is 0 Å². The highest BCUT2D eigenvalue weighted by Gasteiger charge is 2.17. The van der Waals surface area contributed by atoms with Crippen LogP contribution in [0.5, 0.6) is 0 Å². The molecular weight excluding hydrogens is 645 g/mol. The van der Waals surface area contributed by atoms with Crippen LogP contribution in [0.4, 0.5) is 0 Å². The molecule has 16 nitrogen and oxygen atoms in total. The molecule has 3 fully saturated rings. The Balaban J connectivity index is 0.000000214. The van der Waals surface area contributed by atoms with Gasteiger partial charge in [0.15, 0.2) is 15.3 Å². The van der Waals surface area contributed by atoms with E-state index in [1.54, 1.807) is 59.1 Å². The van der Waals surface area contributed by atoms with Gasteiger partial charge in [0.25, 0.3) is 0 Å². The minimum atomic E-state index is 0.644. The molecule has 0 aliphatic carbocycles. The lowest BCUT2D eigenvalue weighted by atomic mass is 10.3. The molecule has 0 atom stereocenters. The quantitative estimate of drug-likeness (QED) is 0.103. The number of aromatic nitrogens is 6. The summed E-state index contributed by atoms with van der Waals surface area (Å²) in [5.74, 6) is 13.2. The molecule has 6 rings (SSSR count). The minimum absolute atomic E-state index is 0.644. The van der Waals surface area contributed by atoms with Crippen LogP contribution < -0.4 is 28.3 Å². The molecular formula is C27H50N16S3. The van der Waals surface area contributed by atoms with Crippen molar-refractivity contribution in [3.63, 3.8) is 0 Å². The van der Waals surface area contributed by atoms with Crippen molar-refractivity contribution in [3.8, 4) is 0 Å². The second-order valence-electron chi connectivity index (χ2n) is 10.6. The summed E-state index contributed by atoms with van der Waals surface area (Å²) in [6.07, 6.45) is 15.7. The fourth-order valence-electron chi connectivity index (χ4n) is 4.29. The average molecular weight is 695 g/mol. The lowest BCUT2D eigenvalue weighted by molar-refractivity contribution is 0.214. The van der Waals surface area contributed by atoms with Gasteiger partial charge < -0.3 is 35.2 Å². The average Bonchev–Trinajstić information content (AvgIpc) is 3.92. The van der Waals surface area contributed by atoms with E-state index in [0.29, 0.717) is 10.2 Å². The Labute approximate surface area is 288 Å². The van der Waals surface area contributed by atoms with Crippen molar-refractivity contribution in [1.82, 2.24) is 63.9 Å². The molecule has 46 heavy (non-hydrogen) atoms. The van der Waals surface area contributed by atoms with Gasteiger partial charge in [-0.05, 0) is 57.8 Å². The summed E-state index contributed by atoms with van der Waals surface area (Å²) in [6.45, 7) is 13.0. The third-order valence-electron chi connectivity index (χ3n) is 7.20. The zero-order valence-electron chi connectivity index (χ0n) is 27.1. The van der Waals surface area contributed by atoms with E-state index in [2.05, 4.69) is 83.0 Å². The minimum Gasteiger partial charge on any atom is -0.346 e. The monoisotopic (exact) mass is 694 g/mol. The van der Waals surface area contributed by atoms with Crippen molar-refractivity contribution in [2.75, 3.05) is 99.7 Å². The van der Waals surface area contributed by atoms with Crippen molar-refractivity contribution < 1.29 is 0 Å². The van der Waals surface area contributed by atoms with Gasteiger partial charge in [0.1, 0.15) is 19.0 Å². The number of piperazine rings is 3. The number of thiocarbonyl (C=S) groups is 3. The van der Waals surface area contributed by atoms with E-state index in [1.807, 2.05) is 10.8 Å². The largest absolute Gasteiger partial charge is 0.346 e. The molecule has 0 aromatic carbocycles. The Kier molecular flexibility index (Phi) is 19.2. The van der Waals surface area contributed by atoms with Gasteiger partial charge in [0, 0.05) is 116 Å². The zero-order valence-corrected chi connectivity index (χ0v) is 29.5. The molecule has 8 N–H and O–H groups in total. The van der Waals surface area contributed by atoms with Crippen LogP contribution in [-0.4, -0.2) is 168 Å². The van der Waals surface area contributed by atoms with Gasteiger partial charge in [0.05, 0.1) is 0 Å². The van der Waals surface area contributed by atoms with Crippen LogP contribution >= 0.6 is 36.7 Å². The number of nitrogens with two attached hydrogens (primary N) is 3. The summed E-state index contributed by atoms with van der Waals surface area (Å²) < 4.78 is 5.38. The highest BCUT2D eigenvalue weighted by molar-refractivity contribution is 7.80. The molecule has 19 heteroatoms. The second kappa shape index (κ2) is 22.5. The Morgan fingerprint density at radius 2 is 0.957 bits per heavy atom. The number of nitrogens with zero attached hydrogens (tertiary/aromatic N) is 11. The molecule has 0 saturated carbocycles. The highest BCUT2D eigenvalue weighted by atomic mass is 32.1. The first-order chi connectivity index (χ1) is 22.3. The molecule has 6 heterocycles. The van der Waals surface area contributed by atoms with Crippen molar-refractivity contribution >= 4 is 52.0 Å². The fourth-order valence-corrected chi connectivity index (χ4v) is 4.98. The first kappa shape index (κ1) is 39.2. The normalized spacial score (nSPS) is 17.0. The predicted octanol–water partition coefficient (Wildman–Crippen LogP) is -1.65. The summed E-state index contributed by atoms with van der Waals surface area (Å²) in [6, 6.07) is 0. The van der Waals surface area contributed by atoms with Crippen LogP contribution in [0.3, 0.4) is 0 Å². The summed E-state index contributed by atoms with van der Waals surface area (Å²) in [5, 5.41) is 5.43. The van der Waals surface area contributed by atoms with E-state index in [1.165, 1.54) is 13.1 Å². The van der Waals surface area contributed by atoms with Crippen LogP contribution in [-0.2, 0) is 0 Å². The van der Waals surface area contributed by atoms with Gasteiger partial charge in [-0.1, -0.05) is 0 Å². The third-order valence-corrected chi connectivity index (χ3v) is 8.47. The van der Waals surface area contributed by atoms with Crippen LogP contribution in [0.1, 0.15) is 0 Å². The molecule has 3 aromatic rings. The molecule has 0 radical (unpaired) electrons. The maximum Gasteiger partial charge on any atom is 0.190 e. The Morgan fingerprint density at radius 1 is 0.587 bits per heavy atom. The summed E-state index contributed by atoms with van der Waals surface area (Å²) in [5.41, 5.74) is 2.49. The molecule has 0 bridgehead atoms. The van der Waals surface area contributed by atoms with Crippen molar-refractivity contribution in [1.29, 1.82) is 0 Å². The van der Waals surface area contributed by atoms with Crippen molar-refractivity contribution in [2.45, 2.75) is 0 Å². The summed E-state index contributed by atoms with van der Waals surface area (Å²) in [7, 11) is 6.40. The number of hydrogen-bond donors (Lipinski definition) is 5. The number of rotatable bonds is 0. The molecule has 0 amide bonds. The van der Waals surface area contributed by atoms with E-state index in [4.69, 9.17) is 42.5 Å². The number of imidazole rings is 3. The first-order valence-electron chi connectivity index (χ1n) is 14.9. The topological polar surface area (TPSA) is 172 Å². The van der Waals surface area contributed by atoms with Crippen LogP contribution in [0.25, 0.3) is 0 Å². The maximum atomic E-state index is 5.36. The molecule has 0 unspecified atom stereocenters. The van der Waals surface area contributed by atoms with Gasteiger partial charge in [-0.3, -0.25) is 25.4 Å². The number of hydrazine groups is 2. The lowest BCUT2D eigenvalue weighted by Gasteiger charge is -2.33. The molecule has 3 saturated heterocycles. The van der Waals surface area contributed by atoms with Gasteiger partial charge in [-0.15, -0.1) is 0 Å². The highest BCUT2D eigenvalue weighted by Crippen LogP contribution is 2.03. The maximum absolute atomic E-state index is 5.36. The zero-order chi connectivity index (χ0) is 33.7. The molecule has 0 spiro atoms. The van der Waals surface area contributed by atoms with Gasteiger partial charge in [0.2, 0.25) is 0 Å². The Morgan fingerprint density at radius 3 is 1.28 bits per heavy atom. The van der Waals surface area contributed by atoms with E-state index in [0.717, 1.165) is 70.6 Å². The first-order valence-corrected chi connectivity index (χ1v) is 16.1. The smallest absolute Gasteiger partial charge is 0.190 e. The fraction of sp³-hybridized carbons (Fsp3) is 0.556. The predicted molar refractivity (Wildman–Crippen MR) is 195 cm³/mol. The Bertz CT molecular complexity index is 1160. The molecule has 3 aromatic heterocycles. The molecule has 3 aliphatic rings. The van der Waals surface area contributed by atoms with Gasteiger partial charge >= 0.3 is 0 Å². The SMILES string of the molecule is CN1CCN(C(=S)NN)CC1.CN1CCN(C(=S)n2ccnc2)CC1.CN1CCNCC1.NN.S=C(n1ccnc1)n1ccnc1. The van der Waals surface area contributed by atoms with E-state index >= 15 is 0 Å². The van der Waals surface area contributed by atoms with Gasteiger partial charge in [-0.25, -0.2) is 20.8 Å². The number of likely N-dealkylation sites (N-methyl/N-ethyl adjacent to an activating group) is 3. The molecule has 3 aliphatic heterocycles. The summed E-state index contributed by atoms with van der Waals surface area (Å²) in [4.78, 5) is 23.0. The summed E-state index contributed by atoms with van der Waals surface area (Å²) >= 11 is 15.5. The third kappa shape index (κ3) is 14.2. The van der Waals surface area contributed by atoms with Crippen LogP contribution in [0.15, 0.2) is 56.2 Å². The van der Waals surface area contributed by atoms with Crippen molar-refractivity contribution in [2.24, 2.45) is 17.5 Å². The molecule has 256 valence electrons. The van der Waals surface area contributed by atoms with E-state index < -0.39 is 0 Å². The number of hydrogen-bond acceptors (Lipinski definition) is 13. The standard InChI is InChI=1S/C9H14N4S.C7H6N4S.C6H14N4S.C5H12N2.H4N2/c1-11-4-6-12(7-5-11)9(14)13-3-2-10-8-13;12-7(10-3-1-8-5-10)11-4-2-9-6-11;1-9-2-4-10(5-3-9)6(11)8-7;1-7-4-2-6-3-5-7;1-2/h2-3,8H,4-7H2,1H3;1-6H;2-5,7H2,1H3,(H,8,11);6H,2-5H2,1H3;1-2H2. The second-order valence-corrected chi connectivity index (χ2v) is 11.7. The van der Waals surface area contributed by atoms with E-state index in [9.17, 15) is 0 Å². The van der Waals surface area contributed by atoms with Gasteiger partial charge in [-0.2, -0.15) is 0 Å². The number of nitrogens with one attached hydrogen (secondary N) is 2.